The van der Waals surface area contributed by atoms with E-state index in [2.05, 4.69) is 34.6 Å². The molecule has 0 aliphatic heterocycles. The van der Waals surface area contributed by atoms with Crippen molar-refractivity contribution in [3.8, 4) is 0 Å². The number of rotatable bonds is 5. The van der Waals surface area contributed by atoms with Crippen LogP contribution >= 0.6 is 0 Å². The lowest BCUT2D eigenvalue weighted by molar-refractivity contribution is 0.0421. The summed E-state index contributed by atoms with van der Waals surface area (Å²) in [5.74, 6) is 0. The second-order valence-electron chi connectivity index (χ2n) is 5.86. The molecule has 1 aromatic carbocycles. The molecular weight excluding hydrogens is 260 g/mol. The van der Waals surface area contributed by atoms with E-state index in [1.807, 2.05) is 19.4 Å². The minimum Gasteiger partial charge on any atom is -0.380 e. The van der Waals surface area contributed by atoms with Crippen LogP contribution < -0.4 is 5.32 Å². The third-order valence-corrected chi connectivity index (χ3v) is 4.52. The van der Waals surface area contributed by atoms with E-state index in [9.17, 15) is 0 Å². The van der Waals surface area contributed by atoms with E-state index in [0.717, 1.165) is 18.5 Å². The van der Waals surface area contributed by atoms with Gasteiger partial charge >= 0.3 is 0 Å². The van der Waals surface area contributed by atoms with Gasteiger partial charge in [-0.1, -0.05) is 37.1 Å². The summed E-state index contributed by atoms with van der Waals surface area (Å²) in [4.78, 5) is 4.53. The average Bonchev–Trinajstić information content (AvgIpc) is 2.55. The quantitative estimate of drug-likeness (QED) is 0.914. The molecule has 0 radical (unpaired) electrons. The van der Waals surface area contributed by atoms with Crippen molar-refractivity contribution >= 4 is 10.9 Å². The number of fused-ring (bicyclic) bond motifs is 1. The zero-order chi connectivity index (χ0) is 14.5. The lowest BCUT2D eigenvalue weighted by Crippen LogP contribution is -2.43. The third kappa shape index (κ3) is 3.42. The highest BCUT2D eigenvalue weighted by atomic mass is 16.5. The van der Waals surface area contributed by atoms with E-state index < -0.39 is 0 Å². The first kappa shape index (κ1) is 14.5. The maximum Gasteiger partial charge on any atom is 0.0734 e. The summed E-state index contributed by atoms with van der Waals surface area (Å²) in [6, 6.07) is 11.1. The maximum absolute atomic E-state index is 5.60. The molecule has 3 rings (SSSR count). The third-order valence-electron chi connectivity index (χ3n) is 4.52. The average molecular weight is 284 g/mol. The van der Waals surface area contributed by atoms with Gasteiger partial charge in [0.05, 0.1) is 11.6 Å². The van der Waals surface area contributed by atoms with Crippen molar-refractivity contribution in [1.29, 1.82) is 0 Å². The molecule has 0 spiro atoms. The predicted octanol–water partition coefficient (Wildman–Crippen LogP) is 3.32. The Bertz CT molecular complexity index is 579. The van der Waals surface area contributed by atoms with E-state index >= 15 is 0 Å². The number of nitrogens with one attached hydrogen (secondary N) is 1. The molecule has 3 heteroatoms. The summed E-state index contributed by atoms with van der Waals surface area (Å²) in [6.45, 7) is 0.986. The lowest BCUT2D eigenvalue weighted by Gasteiger charge is -2.31. The molecule has 21 heavy (non-hydrogen) atoms. The smallest absolute Gasteiger partial charge is 0.0734 e. The number of pyridine rings is 1. The van der Waals surface area contributed by atoms with Crippen molar-refractivity contribution in [2.75, 3.05) is 13.7 Å². The van der Waals surface area contributed by atoms with Crippen molar-refractivity contribution in [2.45, 2.75) is 44.2 Å². The van der Waals surface area contributed by atoms with Crippen LogP contribution in [0.2, 0.25) is 0 Å². The molecule has 0 amide bonds. The van der Waals surface area contributed by atoms with Gasteiger partial charge in [0, 0.05) is 24.7 Å². The van der Waals surface area contributed by atoms with E-state index in [1.54, 1.807) is 0 Å². The van der Waals surface area contributed by atoms with Crippen molar-refractivity contribution in [3.05, 3.63) is 42.1 Å². The first-order valence-corrected chi connectivity index (χ1v) is 7.97. The number of nitrogens with zero attached hydrogens (tertiary/aromatic N) is 1. The van der Waals surface area contributed by atoms with Gasteiger partial charge in [0.2, 0.25) is 0 Å². The number of methoxy groups -OCH3 is 1. The molecule has 1 fully saturated rings. The highest BCUT2D eigenvalue weighted by Gasteiger charge is 2.23. The van der Waals surface area contributed by atoms with Crippen LogP contribution in [0.5, 0.6) is 0 Å². The second-order valence-corrected chi connectivity index (χ2v) is 5.86. The van der Waals surface area contributed by atoms with Crippen LogP contribution in [0.25, 0.3) is 10.9 Å². The van der Waals surface area contributed by atoms with E-state index in [0.29, 0.717) is 12.1 Å². The van der Waals surface area contributed by atoms with Gasteiger partial charge in [0.15, 0.2) is 0 Å². The van der Waals surface area contributed by atoms with Crippen LogP contribution in [-0.2, 0) is 11.2 Å². The number of hydrogen-bond acceptors (Lipinski definition) is 3. The van der Waals surface area contributed by atoms with Crippen LogP contribution in [0.3, 0.4) is 0 Å². The summed E-state index contributed by atoms with van der Waals surface area (Å²) in [5, 5.41) is 4.91. The number of hydrogen-bond donors (Lipinski definition) is 1. The van der Waals surface area contributed by atoms with Gasteiger partial charge in [-0.05, 0) is 37.4 Å². The normalized spacial score (nSPS) is 22.5. The van der Waals surface area contributed by atoms with E-state index in [1.165, 1.54) is 36.6 Å². The fourth-order valence-electron chi connectivity index (χ4n) is 3.37. The largest absolute Gasteiger partial charge is 0.380 e. The van der Waals surface area contributed by atoms with Gasteiger partial charge in [0.25, 0.3) is 0 Å². The maximum atomic E-state index is 5.60. The molecule has 112 valence electrons. The highest BCUT2D eigenvalue weighted by Crippen LogP contribution is 2.21. The minimum atomic E-state index is 0.379. The Kier molecular flexibility index (Phi) is 4.84. The minimum absolute atomic E-state index is 0.379. The van der Waals surface area contributed by atoms with Crippen LogP contribution in [-0.4, -0.2) is 30.8 Å². The van der Waals surface area contributed by atoms with Gasteiger partial charge < -0.3 is 10.1 Å². The summed E-state index contributed by atoms with van der Waals surface area (Å²) in [7, 11) is 1.83. The molecule has 0 saturated heterocycles. The number of para-hydroxylation sites is 1. The van der Waals surface area contributed by atoms with Crippen LogP contribution in [0.4, 0.5) is 0 Å². The Balaban J connectivity index is 1.61. The summed E-state index contributed by atoms with van der Waals surface area (Å²) in [5.41, 5.74) is 2.46. The fourth-order valence-corrected chi connectivity index (χ4v) is 3.37. The van der Waals surface area contributed by atoms with Crippen molar-refractivity contribution in [2.24, 2.45) is 0 Å². The van der Waals surface area contributed by atoms with Gasteiger partial charge in [-0.3, -0.25) is 4.98 Å². The molecule has 1 aromatic heterocycles. The number of ether oxygens (including phenoxy) is 1. The lowest BCUT2D eigenvalue weighted by atomic mass is 9.92. The fraction of sp³-hybridized carbons (Fsp3) is 0.500. The molecule has 1 heterocycles. The van der Waals surface area contributed by atoms with E-state index in [4.69, 9.17) is 4.74 Å². The molecule has 1 N–H and O–H groups in total. The van der Waals surface area contributed by atoms with Crippen molar-refractivity contribution in [3.63, 3.8) is 0 Å². The Morgan fingerprint density at radius 1 is 1.19 bits per heavy atom. The molecule has 2 unspecified atom stereocenters. The van der Waals surface area contributed by atoms with Crippen LogP contribution in [0.1, 0.15) is 31.2 Å². The van der Waals surface area contributed by atoms with Crippen molar-refractivity contribution in [1.82, 2.24) is 10.3 Å². The van der Waals surface area contributed by atoms with Crippen LogP contribution in [0.15, 0.2) is 36.5 Å². The van der Waals surface area contributed by atoms with Gasteiger partial charge in [-0.25, -0.2) is 0 Å². The standard InChI is InChI=1S/C18H24N2O/c1-21-17-10-3-2-9-16(17)19-13-11-15-7-4-6-14-8-5-12-20-18(14)15/h4-8,12,16-17,19H,2-3,9-11,13H2,1H3. The zero-order valence-corrected chi connectivity index (χ0v) is 12.7. The highest BCUT2D eigenvalue weighted by molar-refractivity contribution is 5.81. The van der Waals surface area contributed by atoms with Gasteiger partial charge in [-0.2, -0.15) is 0 Å². The van der Waals surface area contributed by atoms with Crippen LogP contribution in [0, 0.1) is 0 Å². The van der Waals surface area contributed by atoms with E-state index in [-0.39, 0.29) is 0 Å². The summed E-state index contributed by atoms with van der Waals surface area (Å²) < 4.78 is 5.60. The van der Waals surface area contributed by atoms with Gasteiger partial charge in [-0.15, -0.1) is 0 Å². The van der Waals surface area contributed by atoms with Gasteiger partial charge in [0.1, 0.15) is 0 Å². The number of benzene rings is 1. The zero-order valence-electron chi connectivity index (χ0n) is 12.7. The SMILES string of the molecule is COC1CCCCC1NCCc1cccc2cccnc12. The molecule has 2 aromatic rings. The second kappa shape index (κ2) is 7.01. The summed E-state index contributed by atoms with van der Waals surface area (Å²) >= 11 is 0. The Morgan fingerprint density at radius 2 is 2.05 bits per heavy atom. The molecule has 0 bridgehead atoms. The topological polar surface area (TPSA) is 34.1 Å². The Morgan fingerprint density at radius 3 is 2.95 bits per heavy atom. The molecule has 1 aliphatic rings. The molecular formula is C18H24N2O. The first-order chi connectivity index (χ1) is 10.4. The van der Waals surface area contributed by atoms with Crippen molar-refractivity contribution < 1.29 is 4.74 Å². The molecule has 3 nitrogen and oxygen atoms in total. The monoisotopic (exact) mass is 284 g/mol. The summed E-state index contributed by atoms with van der Waals surface area (Å²) in [6.07, 6.45) is 8.29. The first-order valence-electron chi connectivity index (χ1n) is 7.97. The number of aromatic nitrogens is 1. The molecule has 1 saturated carbocycles. The molecule has 1 aliphatic carbocycles. The Hall–Kier alpha value is -1.45. The Labute approximate surface area is 126 Å². The predicted molar refractivity (Wildman–Crippen MR) is 86.5 cm³/mol. The molecule has 2 atom stereocenters.